The van der Waals surface area contributed by atoms with Crippen LogP contribution in [-0.2, 0) is 19.6 Å². The highest BCUT2D eigenvalue weighted by molar-refractivity contribution is 7.89. The van der Waals surface area contributed by atoms with Crippen LogP contribution < -0.4 is 14.8 Å². The lowest BCUT2D eigenvalue weighted by Gasteiger charge is -2.25. The molecule has 0 spiro atoms. The summed E-state index contributed by atoms with van der Waals surface area (Å²) in [5, 5.41) is 12.7. The van der Waals surface area contributed by atoms with E-state index < -0.39 is 28.5 Å². The Labute approximate surface area is 261 Å². The molecule has 0 bridgehead atoms. The van der Waals surface area contributed by atoms with Crippen molar-refractivity contribution in [1.82, 2.24) is 4.31 Å². The predicted molar refractivity (Wildman–Crippen MR) is 165 cm³/mol. The largest absolute Gasteiger partial charge is 0.497 e. The van der Waals surface area contributed by atoms with Crippen LogP contribution >= 0.6 is 0 Å². The van der Waals surface area contributed by atoms with Gasteiger partial charge in [-0.3, -0.25) is 10.1 Å². The van der Waals surface area contributed by atoms with Crippen molar-refractivity contribution < 1.29 is 36.6 Å². The number of ether oxygens (including phenoxy) is 3. The third kappa shape index (κ3) is 6.85. The Balaban J connectivity index is 1.35. The molecule has 1 saturated heterocycles. The Morgan fingerprint density at radius 1 is 0.911 bits per heavy atom. The molecule has 1 fully saturated rings. The second-order valence-electron chi connectivity index (χ2n) is 10.2. The fourth-order valence-electron chi connectivity index (χ4n) is 5.02. The summed E-state index contributed by atoms with van der Waals surface area (Å²) >= 11 is 0. The van der Waals surface area contributed by atoms with Crippen LogP contribution in [0.3, 0.4) is 0 Å². The van der Waals surface area contributed by atoms with Crippen LogP contribution in [-0.4, -0.2) is 58.5 Å². The molecule has 2 heterocycles. The van der Waals surface area contributed by atoms with Gasteiger partial charge in [-0.1, -0.05) is 24.6 Å². The van der Waals surface area contributed by atoms with E-state index in [2.05, 4.69) is 11.4 Å². The predicted octanol–water partition coefficient (Wildman–Crippen LogP) is 5.47. The molecular formula is C33H31N3O8S. The number of anilines is 1. The van der Waals surface area contributed by atoms with Crippen LogP contribution in [0.2, 0.25) is 0 Å². The van der Waals surface area contributed by atoms with Gasteiger partial charge in [0.05, 0.1) is 24.7 Å². The first-order valence-electron chi connectivity index (χ1n) is 14.2. The Bertz CT molecular complexity index is 1840. The quantitative estimate of drug-likeness (QED) is 0.225. The van der Waals surface area contributed by atoms with E-state index in [4.69, 9.17) is 18.6 Å². The third-order valence-electron chi connectivity index (χ3n) is 7.36. The Kier molecular flexibility index (Phi) is 9.51. The molecule has 1 aliphatic rings. The molecule has 0 radical (unpaired) electrons. The molecular weight excluding hydrogens is 598 g/mol. The monoisotopic (exact) mass is 629 g/mol. The molecule has 0 atom stereocenters. The number of sulfonamides is 1. The SMILES string of the molecule is COc1ccc(-c2oc(NC(=O)COC(=O)c3cccc(S(=O)(=O)N4CCCCC4)c3)c(C#N)c2-c2ccc(OC)cc2)cc1. The molecule has 5 rings (SSSR count). The van der Waals surface area contributed by atoms with Crippen molar-refractivity contribution in [2.45, 2.75) is 24.2 Å². The number of methoxy groups -OCH3 is 2. The number of rotatable bonds is 10. The highest BCUT2D eigenvalue weighted by atomic mass is 32.2. The summed E-state index contributed by atoms with van der Waals surface area (Å²) in [7, 11) is -0.669. The molecule has 45 heavy (non-hydrogen) atoms. The van der Waals surface area contributed by atoms with Crippen LogP contribution in [0.1, 0.15) is 35.2 Å². The molecule has 1 amide bonds. The van der Waals surface area contributed by atoms with Crippen LogP contribution in [0.5, 0.6) is 11.5 Å². The summed E-state index contributed by atoms with van der Waals surface area (Å²) in [6, 6.07) is 21.7. The first kappa shape index (κ1) is 31.3. The molecule has 0 aliphatic carbocycles. The van der Waals surface area contributed by atoms with Crippen molar-refractivity contribution in [1.29, 1.82) is 5.26 Å². The molecule has 12 heteroatoms. The summed E-state index contributed by atoms with van der Waals surface area (Å²) in [4.78, 5) is 25.7. The number of carbonyl (C=O) groups excluding carboxylic acids is 2. The average molecular weight is 630 g/mol. The van der Waals surface area contributed by atoms with E-state index in [0.717, 1.165) is 19.3 Å². The lowest BCUT2D eigenvalue weighted by atomic mass is 9.98. The van der Waals surface area contributed by atoms with Crippen LogP contribution in [0.4, 0.5) is 5.88 Å². The number of amides is 1. The number of carbonyl (C=O) groups is 2. The normalized spacial score (nSPS) is 13.4. The van der Waals surface area contributed by atoms with Gasteiger partial charge in [-0.05, 0) is 73.0 Å². The number of esters is 1. The number of nitrogens with one attached hydrogen (secondary N) is 1. The van der Waals surface area contributed by atoms with Gasteiger partial charge in [0.1, 0.15) is 28.9 Å². The smallest absolute Gasteiger partial charge is 0.338 e. The van der Waals surface area contributed by atoms with E-state index in [1.54, 1.807) is 62.8 Å². The maximum Gasteiger partial charge on any atom is 0.338 e. The Hall–Kier alpha value is -5.12. The minimum atomic E-state index is -3.76. The first-order valence-corrected chi connectivity index (χ1v) is 15.6. The fourth-order valence-corrected chi connectivity index (χ4v) is 6.58. The van der Waals surface area contributed by atoms with E-state index in [1.807, 2.05) is 0 Å². The molecule has 3 aromatic carbocycles. The van der Waals surface area contributed by atoms with Gasteiger partial charge in [0.25, 0.3) is 5.91 Å². The second-order valence-corrected chi connectivity index (χ2v) is 12.1. The fraction of sp³-hybridized carbons (Fsp3) is 0.242. The molecule has 232 valence electrons. The number of nitriles is 1. The average Bonchev–Trinajstić information content (AvgIpc) is 3.45. The highest BCUT2D eigenvalue weighted by Gasteiger charge is 2.28. The minimum Gasteiger partial charge on any atom is -0.497 e. The second kappa shape index (κ2) is 13.7. The molecule has 1 aliphatic heterocycles. The molecule has 11 nitrogen and oxygen atoms in total. The van der Waals surface area contributed by atoms with Gasteiger partial charge in [-0.2, -0.15) is 9.57 Å². The topological polar surface area (TPSA) is 148 Å². The summed E-state index contributed by atoms with van der Waals surface area (Å²) in [6.07, 6.45) is 2.53. The van der Waals surface area contributed by atoms with Gasteiger partial charge in [0, 0.05) is 24.2 Å². The van der Waals surface area contributed by atoms with E-state index in [9.17, 15) is 23.3 Å². The van der Waals surface area contributed by atoms with Crippen LogP contribution in [0.15, 0.2) is 82.1 Å². The number of piperidine rings is 1. The van der Waals surface area contributed by atoms with Gasteiger partial charge >= 0.3 is 5.97 Å². The van der Waals surface area contributed by atoms with E-state index in [0.29, 0.717) is 47.0 Å². The van der Waals surface area contributed by atoms with E-state index >= 15 is 0 Å². The number of hydrogen-bond acceptors (Lipinski definition) is 9. The molecule has 1 N–H and O–H groups in total. The Morgan fingerprint density at radius 2 is 1.53 bits per heavy atom. The van der Waals surface area contributed by atoms with E-state index in [-0.39, 0.29) is 21.9 Å². The lowest BCUT2D eigenvalue weighted by Crippen LogP contribution is -2.35. The van der Waals surface area contributed by atoms with Crippen molar-refractivity contribution in [2.75, 3.05) is 39.2 Å². The lowest BCUT2D eigenvalue weighted by molar-refractivity contribution is -0.119. The van der Waals surface area contributed by atoms with Crippen molar-refractivity contribution in [3.8, 4) is 40.0 Å². The number of hydrogen-bond donors (Lipinski definition) is 1. The standard InChI is InChI=1S/C33H31N3O8S/c1-41-25-13-9-22(10-14-25)30-28(20-34)32(44-31(30)23-11-15-26(42-2)16-12-23)35-29(37)21-43-33(38)24-7-6-8-27(19-24)45(39,40)36-17-4-3-5-18-36/h6-16,19H,3-5,17-18,21H2,1-2H3,(H,35,37). The third-order valence-corrected chi connectivity index (χ3v) is 9.26. The summed E-state index contributed by atoms with van der Waals surface area (Å²) < 4.78 is 49.3. The van der Waals surface area contributed by atoms with E-state index in [1.165, 1.54) is 28.6 Å². The molecule has 1 aromatic heterocycles. The number of nitrogens with zero attached hydrogens (tertiary/aromatic N) is 2. The summed E-state index contributed by atoms with van der Waals surface area (Å²) in [6.45, 7) is 0.146. The van der Waals surface area contributed by atoms with Gasteiger partial charge in [-0.15, -0.1) is 0 Å². The van der Waals surface area contributed by atoms with Crippen molar-refractivity contribution >= 4 is 27.8 Å². The summed E-state index contributed by atoms with van der Waals surface area (Å²) in [5.74, 6) is -0.173. The van der Waals surface area contributed by atoms with Crippen molar-refractivity contribution in [2.24, 2.45) is 0 Å². The van der Waals surface area contributed by atoms with Crippen LogP contribution in [0, 0.1) is 11.3 Å². The maximum atomic E-state index is 13.1. The minimum absolute atomic E-state index is 0.0137. The number of furan rings is 1. The molecule has 0 unspecified atom stereocenters. The van der Waals surface area contributed by atoms with Gasteiger partial charge in [-0.25, -0.2) is 13.2 Å². The van der Waals surface area contributed by atoms with Crippen LogP contribution in [0.25, 0.3) is 22.5 Å². The zero-order chi connectivity index (χ0) is 32.0. The van der Waals surface area contributed by atoms with Crippen molar-refractivity contribution in [3.05, 3.63) is 83.9 Å². The highest BCUT2D eigenvalue weighted by Crippen LogP contribution is 2.42. The van der Waals surface area contributed by atoms with Gasteiger partial charge in [0.2, 0.25) is 15.9 Å². The Morgan fingerprint density at radius 3 is 2.13 bits per heavy atom. The first-order chi connectivity index (χ1) is 21.7. The van der Waals surface area contributed by atoms with Crippen molar-refractivity contribution in [3.63, 3.8) is 0 Å². The van der Waals surface area contributed by atoms with Gasteiger partial charge < -0.3 is 18.6 Å². The number of benzene rings is 3. The zero-order valence-corrected chi connectivity index (χ0v) is 25.6. The zero-order valence-electron chi connectivity index (χ0n) is 24.7. The maximum absolute atomic E-state index is 13.1. The summed E-state index contributed by atoms with van der Waals surface area (Å²) in [5.41, 5.74) is 1.78. The van der Waals surface area contributed by atoms with Gasteiger partial charge in [0.15, 0.2) is 6.61 Å². The molecule has 0 saturated carbocycles. The molecule has 4 aromatic rings.